The van der Waals surface area contributed by atoms with Crippen LogP contribution in [0.15, 0.2) is 50.6 Å². The molecule has 9 rings (SSSR count). The van der Waals surface area contributed by atoms with E-state index in [0.717, 1.165) is 4.90 Å². The number of esters is 5. The SMILES string of the molecule is C.C=C[C@@H]1C[C@]1(N)C(=O)OCC.C=C[C@@H]1C[C@]1(NC(=O)[C@@H]1C[C@H](O)CN1)C(=O)OCC.C=C[C@@H]1C[C@]1(NC(=O)[C@@H]1C[C@H](O)CN1C(=O)OC(C)(C)C)C(=O)OCC.C=C[C@@H]1C[C@]1(NC(=O)[C@@H]1C[C@H](O)CN1C(=O)[C@@H](NC(=O)OC(C)(C)C)C(C)(C)C)C(=O)OCC.CC(C)(C)OC(=O)N1C[C@@H](O)C[C@H]1C(=O)O.CC(C)(C)OC(=O)N[C@H](C(=O)O)C(C)(C)C.COC(=O)[C@@H]1C[C@H](O)CN1C(=O)OC(C)(C)C.Cl.Cl.O.[2HH].[B].[Li+].[OH-]. The Balaban J connectivity index is -0.000000401. The number of methoxy groups -OCH3 is 1. The maximum absolute atomic E-state index is 13.5. The predicted molar refractivity (Wildman–Crippen MR) is 537 cm³/mol. The van der Waals surface area contributed by atoms with E-state index in [1.165, 1.54) is 21.8 Å². The Kier molecular flexibility index (Phi) is 59.2. The molecule has 0 aromatic rings. The number of aliphatic hydroxyl groups excluding tert-OH is 5. The number of nitrogens with two attached hydrogens (primary N) is 1. The number of carboxylic acids is 2. The number of hydrogen-bond donors (Lipinski definition) is 14. The van der Waals surface area contributed by atoms with Gasteiger partial charge in [-0.2, -0.15) is 0 Å². The third kappa shape index (κ3) is 43.9. The van der Waals surface area contributed by atoms with Gasteiger partial charge in [0.2, 0.25) is 23.6 Å². The van der Waals surface area contributed by atoms with E-state index in [1.807, 2.05) is 0 Å². The molecular formula is C96H168BCl2LiN11O35. The molecule has 5 aliphatic heterocycles. The van der Waals surface area contributed by atoms with Crippen LogP contribution in [-0.2, 0) is 100 Å². The molecule has 46 nitrogen and oxygen atoms in total. The average Bonchev–Trinajstić information content (AvgIpc) is 1.59. The van der Waals surface area contributed by atoms with Crippen LogP contribution in [0.25, 0.3) is 0 Å². The van der Waals surface area contributed by atoms with Gasteiger partial charge >= 0.3 is 91.1 Å². The van der Waals surface area contributed by atoms with Gasteiger partial charge in [-0.05, 0) is 174 Å². The Morgan fingerprint density at radius 1 is 0.425 bits per heavy atom. The number of carbonyl (C=O) groups excluding carboxylic acids is 14. The minimum Gasteiger partial charge on any atom is -0.870 e. The van der Waals surface area contributed by atoms with E-state index >= 15 is 0 Å². The number of carboxylic acid groups (broad SMARTS) is 2. The fourth-order valence-electron chi connectivity index (χ4n) is 15.2. The standard InChI is InChI=1S/C24H39N3O7.C18H28N2O6.C13H20N2O4.C11H19NO5.C11H21NO4.C10H17NO5.C8H13NO2.CH4.B.2ClH.Li.2H2O.H2/c1-9-14-12-24(14,20(31)33-10-2)26-18(29)16-11-15(28)13-27(16)19(30)17(22(3,4)5)25-21(32)34-23(6,7)8;1-6-11-9-18(11,15(23)25-7-2)19-14(22)13-8-12(21)10-20(13)16(24)26-17(3,4)5;1-3-8-6-13(8,12(18)19-4-2)15-11(17)10-5-9(16)7-14-10;1-11(2,3)17-10(15)12-6-7(13)5-8(12)9(14)16-4;1-10(2,3)7(8(13)14)12-9(15)16-11(4,5)6;1-10(2,3)16-9(15)11-5-6(12)4-7(11)8(13)14;1-3-6-5-8(6,9)7(10)11-4-2;;;;;;;;/h9,14-17,28H,1,10-13H2,2-8H3,(H,25,32)(H,26,29);6,11-13,21H,1,7-10H2,2-5H3,(H,19,22);3,8-10,14,16H,1,4-7H2,2H3,(H,15,17);7-8,13H,5-6H2,1-4H3;7H,1-6H3,(H,12,15)(H,13,14);6-7,12H,4-5H2,1-3H3,(H,13,14);3,6H,1,4-5,9H2,2H3;1H4;;2*1H;;2*1H2;1H/q;;;;;;;;;;;+1;;;/p-1/t14-,15+,16+,17-,24-;11-,12+,13+,18-;8-,9+,10+,13-;7-,8-;7-;6-,7-;6-,8-;;;;;;;;/m1110101......../s1/i;;;;;;;;;;;;;;1+1. The van der Waals surface area contributed by atoms with E-state index in [4.69, 9.17) is 58.6 Å². The van der Waals surface area contributed by atoms with Gasteiger partial charge < -0.3 is 137 Å². The minimum absolute atomic E-state index is 0. The molecule has 0 aromatic heterocycles. The Morgan fingerprint density at radius 2 is 0.705 bits per heavy atom. The fourth-order valence-corrected chi connectivity index (χ4v) is 15.2. The van der Waals surface area contributed by atoms with Crippen molar-refractivity contribution in [3.8, 4) is 0 Å². The Bertz CT molecular complexity index is 4390. The van der Waals surface area contributed by atoms with Crippen molar-refractivity contribution in [3.05, 3.63) is 50.6 Å². The Hall–Kier alpha value is -9.64. The van der Waals surface area contributed by atoms with Crippen LogP contribution in [-0.4, -0.2) is 360 Å². The Labute approximate surface area is 885 Å². The van der Waals surface area contributed by atoms with Crippen LogP contribution in [0.4, 0.5) is 24.0 Å². The zero-order chi connectivity index (χ0) is 107. The molecule has 0 aromatic carbocycles. The summed E-state index contributed by atoms with van der Waals surface area (Å²) in [6.07, 6.45) is 2.00. The van der Waals surface area contributed by atoms with Crippen LogP contribution < -0.4 is 56.5 Å². The normalized spacial score (nSPS) is 26.4. The van der Waals surface area contributed by atoms with E-state index in [0.29, 0.717) is 45.3 Å². The summed E-state index contributed by atoms with van der Waals surface area (Å²) in [4.78, 5) is 197. The molecule has 4 aliphatic carbocycles. The first-order valence-corrected chi connectivity index (χ1v) is 46.5. The van der Waals surface area contributed by atoms with Crippen LogP contribution in [0.3, 0.4) is 0 Å². The number of hydrogen-bond acceptors (Lipinski definition) is 34. The van der Waals surface area contributed by atoms with Crippen LogP contribution in [0, 0.1) is 34.5 Å². The monoisotopic (exact) mass is 2120 g/mol. The van der Waals surface area contributed by atoms with Gasteiger partial charge in [0, 0.05) is 72.3 Å². The van der Waals surface area contributed by atoms with Crippen molar-refractivity contribution in [3.63, 3.8) is 0 Å². The molecule has 4 saturated carbocycles. The second-order valence-electron chi connectivity index (χ2n) is 42.4. The van der Waals surface area contributed by atoms with Crippen LogP contribution in [0.1, 0.15) is 240 Å². The molecule has 0 unspecified atom stereocenters. The zero-order valence-electron chi connectivity index (χ0n) is 89.1. The van der Waals surface area contributed by atoms with E-state index in [2.05, 4.69) is 63.0 Å². The zero-order valence-corrected chi connectivity index (χ0v) is 90.7. The third-order valence-corrected chi connectivity index (χ3v) is 22.5. The van der Waals surface area contributed by atoms with Crippen LogP contribution in [0.5, 0.6) is 0 Å². The molecule has 5 saturated heterocycles. The molecule has 9 amide bonds. The number of β-amino-alcohol motifs (C(OH)–C–C–N with tert-alkyl or cyclic N) is 5. The van der Waals surface area contributed by atoms with Crippen molar-refractivity contribution >= 4 is 129 Å². The molecule has 835 valence electrons. The van der Waals surface area contributed by atoms with Gasteiger partial charge in [0.1, 0.15) is 86.4 Å². The number of alkyl carbamates (subject to hydrolysis) is 2. The van der Waals surface area contributed by atoms with Crippen molar-refractivity contribution in [1.82, 2.24) is 51.5 Å². The summed E-state index contributed by atoms with van der Waals surface area (Å²) in [6, 6.07) is -6.10. The molecule has 0 spiro atoms. The average molecular weight is 2130 g/mol. The summed E-state index contributed by atoms with van der Waals surface area (Å²) in [5.41, 5.74) is -3.06. The van der Waals surface area contributed by atoms with Crippen molar-refractivity contribution in [2.24, 2.45) is 40.2 Å². The number of aliphatic hydroxyl groups is 5. The molecule has 0 bridgehead atoms. The summed E-state index contributed by atoms with van der Waals surface area (Å²) in [5.74, 6) is -6.83. The number of rotatable bonds is 24. The summed E-state index contributed by atoms with van der Waals surface area (Å²) in [5, 5.41) is 82.5. The first-order valence-electron chi connectivity index (χ1n) is 46.5. The van der Waals surface area contributed by atoms with E-state index in [-0.39, 0.29) is 179 Å². The van der Waals surface area contributed by atoms with Gasteiger partial charge in [-0.15, -0.1) is 51.1 Å². The number of halogens is 2. The van der Waals surface area contributed by atoms with E-state index in [9.17, 15) is 102 Å². The quantitative estimate of drug-likeness (QED) is 0.0286. The second kappa shape index (κ2) is 59.7. The maximum Gasteiger partial charge on any atom is 1.00 e. The fraction of sp³-hybridized carbons (Fsp3) is 0.750. The number of carbonyl (C=O) groups is 16. The molecular weight excluding hydrogens is 1960 g/mol. The predicted octanol–water partition coefficient (Wildman–Crippen LogP) is 2.61. The van der Waals surface area contributed by atoms with E-state index in [1.54, 1.807) is 197 Å². The second-order valence-corrected chi connectivity index (χ2v) is 42.4. The molecule has 146 heavy (non-hydrogen) atoms. The topological polar surface area (TPSA) is 680 Å². The summed E-state index contributed by atoms with van der Waals surface area (Å²) in [7, 11) is 1.25. The number of likely N-dealkylation sites (tertiary alicyclic amines) is 4. The van der Waals surface area contributed by atoms with Gasteiger partial charge in [-0.1, -0.05) is 73.3 Å². The first kappa shape index (κ1) is 145. The third-order valence-electron chi connectivity index (χ3n) is 22.5. The minimum atomic E-state index is -1.21. The van der Waals surface area contributed by atoms with Crippen molar-refractivity contribution in [2.45, 2.75) is 361 Å². The number of ether oxygens (including phenoxy) is 10. The summed E-state index contributed by atoms with van der Waals surface area (Å²) < 4.78 is 50.4. The van der Waals surface area contributed by atoms with Gasteiger partial charge in [0.15, 0.2) is 0 Å². The van der Waals surface area contributed by atoms with Gasteiger partial charge in [0.25, 0.3) is 0 Å². The van der Waals surface area contributed by atoms with Crippen molar-refractivity contribution in [2.75, 3.05) is 66.3 Å². The number of nitrogens with zero attached hydrogens (tertiary/aromatic N) is 4. The molecule has 20 atom stereocenters. The first-order chi connectivity index (χ1) is 63.6. The summed E-state index contributed by atoms with van der Waals surface area (Å²) >= 11 is 0. The van der Waals surface area contributed by atoms with Gasteiger partial charge in [-0.25, -0.2) is 52.7 Å². The van der Waals surface area contributed by atoms with Crippen molar-refractivity contribution in [1.29, 1.82) is 0 Å². The van der Waals surface area contributed by atoms with Crippen LogP contribution in [0.2, 0.25) is 0 Å². The summed E-state index contributed by atoms with van der Waals surface area (Å²) in [6.45, 7) is 59.3. The number of nitrogens with one attached hydrogen (secondary N) is 6. The molecule has 3 radical (unpaired) electrons. The number of aliphatic carboxylic acids is 2. The van der Waals surface area contributed by atoms with Crippen LogP contribution >= 0.6 is 24.8 Å². The van der Waals surface area contributed by atoms with Gasteiger partial charge in [-0.3, -0.25) is 38.7 Å². The largest absolute Gasteiger partial charge is 1.00 e. The number of amides is 9. The van der Waals surface area contributed by atoms with Gasteiger partial charge in [0.05, 0.1) is 89.7 Å². The molecule has 50 heteroatoms. The molecule has 9 aliphatic rings. The molecule has 5 heterocycles. The molecule has 18 N–H and O–H groups in total. The molecule has 9 fully saturated rings. The van der Waals surface area contributed by atoms with E-state index < -0.39 is 218 Å². The maximum atomic E-state index is 13.5. The Morgan fingerprint density at radius 3 is 0.973 bits per heavy atom. The smallest absolute Gasteiger partial charge is 0.870 e. The van der Waals surface area contributed by atoms with Crippen molar-refractivity contribution < 1.29 is 191 Å².